The Morgan fingerprint density at radius 2 is 2.00 bits per heavy atom. The first-order chi connectivity index (χ1) is 12.3. The Kier molecular flexibility index (Phi) is 5.28. The number of nitrogens with zero attached hydrogens (tertiary/aromatic N) is 3. The van der Waals surface area contributed by atoms with Gasteiger partial charge in [-0.05, 0) is 17.7 Å². The highest BCUT2D eigenvalue weighted by Crippen LogP contribution is 2.28. The minimum Gasteiger partial charge on any atom is -0.379 e. The van der Waals surface area contributed by atoms with E-state index in [0.717, 1.165) is 35.9 Å². The van der Waals surface area contributed by atoms with Gasteiger partial charge < -0.3 is 10.1 Å². The number of morpholine rings is 1. The molecule has 1 aromatic carbocycles. The molecule has 1 N–H and O–H groups in total. The lowest BCUT2D eigenvalue weighted by atomic mass is 10.1. The van der Waals surface area contributed by atoms with Gasteiger partial charge in [0.1, 0.15) is 5.69 Å². The van der Waals surface area contributed by atoms with Gasteiger partial charge >= 0.3 is 6.18 Å². The first kappa shape index (κ1) is 18.4. The van der Waals surface area contributed by atoms with Gasteiger partial charge in [0.2, 0.25) is 0 Å². The van der Waals surface area contributed by atoms with E-state index in [0.29, 0.717) is 18.9 Å². The van der Waals surface area contributed by atoms with Gasteiger partial charge in [-0.2, -0.15) is 18.3 Å². The van der Waals surface area contributed by atoms with Crippen LogP contribution in [0.25, 0.3) is 0 Å². The van der Waals surface area contributed by atoms with Crippen molar-refractivity contribution in [3.63, 3.8) is 0 Å². The number of hydrogen-bond donors (Lipinski definition) is 1. The Hall–Kier alpha value is -2.39. The van der Waals surface area contributed by atoms with Crippen LogP contribution in [0.15, 0.2) is 30.3 Å². The Balaban J connectivity index is 1.69. The number of aromatic nitrogens is 2. The fourth-order valence-electron chi connectivity index (χ4n) is 2.78. The van der Waals surface area contributed by atoms with Crippen LogP contribution in [0.1, 0.15) is 21.7 Å². The second kappa shape index (κ2) is 7.46. The monoisotopic (exact) mass is 368 g/mol. The van der Waals surface area contributed by atoms with E-state index in [9.17, 15) is 18.0 Å². The van der Waals surface area contributed by atoms with E-state index in [1.165, 1.54) is 7.05 Å². The van der Waals surface area contributed by atoms with Gasteiger partial charge in [0, 0.05) is 38.4 Å². The first-order valence-corrected chi connectivity index (χ1v) is 8.14. The Bertz CT molecular complexity index is 783. The van der Waals surface area contributed by atoms with Crippen molar-refractivity contribution in [1.82, 2.24) is 14.7 Å². The molecule has 0 spiro atoms. The summed E-state index contributed by atoms with van der Waals surface area (Å²) in [7, 11) is 1.30. The van der Waals surface area contributed by atoms with Crippen molar-refractivity contribution >= 4 is 11.6 Å². The molecule has 0 bridgehead atoms. The number of anilines is 1. The largest absolute Gasteiger partial charge is 0.435 e. The molecule has 3 rings (SSSR count). The molecule has 0 saturated carbocycles. The predicted molar refractivity (Wildman–Crippen MR) is 88.7 cm³/mol. The number of halogens is 3. The van der Waals surface area contributed by atoms with Crippen molar-refractivity contribution in [2.45, 2.75) is 12.7 Å². The van der Waals surface area contributed by atoms with Crippen LogP contribution in [-0.4, -0.2) is 46.9 Å². The summed E-state index contributed by atoms with van der Waals surface area (Å²) in [6.07, 6.45) is -4.59. The number of aryl methyl sites for hydroxylation is 1. The van der Waals surface area contributed by atoms with Crippen LogP contribution in [-0.2, 0) is 24.5 Å². The summed E-state index contributed by atoms with van der Waals surface area (Å²) in [5, 5.41) is 5.98. The zero-order valence-electron chi connectivity index (χ0n) is 14.2. The molecule has 2 aromatic rings. The highest BCUT2D eigenvalue weighted by Gasteiger charge is 2.35. The number of carbonyl (C=O) groups excluding carboxylic acids is 1. The normalized spacial score (nSPS) is 15.8. The van der Waals surface area contributed by atoms with Crippen LogP contribution < -0.4 is 5.32 Å². The summed E-state index contributed by atoms with van der Waals surface area (Å²) < 4.78 is 44.4. The van der Waals surface area contributed by atoms with Crippen molar-refractivity contribution in [3.8, 4) is 0 Å². The average Bonchev–Trinajstić information content (AvgIpc) is 2.98. The second-order valence-corrected chi connectivity index (χ2v) is 6.08. The summed E-state index contributed by atoms with van der Waals surface area (Å²) in [6, 6.07) is 8.00. The fraction of sp³-hybridized carbons (Fsp3) is 0.412. The molecule has 1 fully saturated rings. The summed E-state index contributed by atoms with van der Waals surface area (Å²) in [4.78, 5) is 14.5. The summed E-state index contributed by atoms with van der Waals surface area (Å²) in [5.41, 5.74) is 0.281. The molecule has 26 heavy (non-hydrogen) atoms. The standard InChI is InChI=1S/C17H19F3N4O2/c1-23-14(10-15(22-23)17(18,19)20)16(25)21-13-4-2-3-12(9-13)11-24-5-7-26-8-6-24/h2-4,9-10H,5-8,11H2,1H3,(H,21,25). The van der Waals surface area contributed by atoms with Crippen molar-refractivity contribution < 1.29 is 22.7 Å². The van der Waals surface area contributed by atoms with E-state index in [1.54, 1.807) is 12.1 Å². The van der Waals surface area contributed by atoms with E-state index >= 15 is 0 Å². The van der Waals surface area contributed by atoms with E-state index < -0.39 is 17.8 Å². The third-order valence-corrected chi connectivity index (χ3v) is 4.10. The molecule has 1 aliphatic rings. The maximum atomic E-state index is 12.7. The first-order valence-electron chi connectivity index (χ1n) is 8.14. The van der Waals surface area contributed by atoms with E-state index in [-0.39, 0.29) is 5.69 Å². The molecule has 0 atom stereocenters. The van der Waals surface area contributed by atoms with Crippen molar-refractivity contribution in [3.05, 3.63) is 47.3 Å². The van der Waals surface area contributed by atoms with Crippen LogP contribution >= 0.6 is 0 Å². The summed E-state index contributed by atoms with van der Waals surface area (Å²) in [5.74, 6) is -0.640. The van der Waals surface area contributed by atoms with Crippen LogP contribution in [0.4, 0.5) is 18.9 Å². The maximum absolute atomic E-state index is 12.7. The van der Waals surface area contributed by atoms with Gasteiger partial charge in [-0.3, -0.25) is 14.4 Å². The molecule has 1 saturated heterocycles. The Morgan fingerprint density at radius 3 is 2.65 bits per heavy atom. The van der Waals surface area contributed by atoms with Gasteiger partial charge in [0.25, 0.3) is 5.91 Å². The lowest BCUT2D eigenvalue weighted by molar-refractivity contribution is -0.141. The number of carbonyl (C=O) groups is 1. The molecule has 6 nitrogen and oxygen atoms in total. The van der Waals surface area contributed by atoms with Crippen LogP contribution in [0.2, 0.25) is 0 Å². The third kappa shape index (κ3) is 4.41. The zero-order chi connectivity index (χ0) is 18.7. The molecule has 1 amide bonds. The van der Waals surface area contributed by atoms with Crippen molar-refractivity contribution in [2.75, 3.05) is 31.6 Å². The van der Waals surface area contributed by atoms with Gasteiger partial charge in [-0.25, -0.2) is 0 Å². The van der Waals surface area contributed by atoms with E-state index in [4.69, 9.17) is 4.74 Å². The number of benzene rings is 1. The molecule has 9 heteroatoms. The maximum Gasteiger partial charge on any atom is 0.435 e. The van der Waals surface area contributed by atoms with Crippen molar-refractivity contribution in [2.24, 2.45) is 7.05 Å². The highest BCUT2D eigenvalue weighted by molar-refractivity contribution is 6.03. The van der Waals surface area contributed by atoms with Crippen LogP contribution in [0.5, 0.6) is 0 Å². The molecule has 0 unspecified atom stereocenters. The van der Waals surface area contributed by atoms with Crippen molar-refractivity contribution in [1.29, 1.82) is 0 Å². The SMILES string of the molecule is Cn1nc(C(F)(F)F)cc1C(=O)Nc1cccc(CN2CCOCC2)c1. The predicted octanol–water partition coefficient (Wildman–Crippen LogP) is 2.52. The van der Waals surface area contributed by atoms with Gasteiger partial charge in [0.05, 0.1) is 13.2 Å². The number of alkyl halides is 3. The topological polar surface area (TPSA) is 59.4 Å². The quantitative estimate of drug-likeness (QED) is 0.901. The van der Waals surface area contributed by atoms with Gasteiger partial charge in [-0.15, -0.1) is 0 Å². The molecule has 140 valence electrons. The van der Waals surface area contributed by atoms with E-state index in [2.05, 4.69) is 15.3 Å². The highest BCUT2D eigenvalue weighted by atomic mass is 19.4. The zero-order valence-corrected chi connectivity index (χ0v) is 14.2. The third-order valence-electron chi connectivity index (χ3n) is 4.10. The molecule has 0 radical (unpaired) electrons. The smallest absolute Gasteiger partial charge is 0.379 e. The molecular weight excluding hydrogens is 349 g/mol. The van der Waals surface area contributed by atoms with Crippen LogP contribution in [0.3, 0.4) is 0 Å². The average molecular weight is 368 g/mol. The number of amides is 1. The number of ether oxygens (including phenoxy) is 1. The second-order valence-electron chi connectivity index (χ2n) is 6.08. The van der Waals surface area contributed by atoms with Crippen LogP contribution in [0, 0.1) is 0 Å². The number of hydrogen-bond acceptors (Lipinski definition) is 4. The molecule has 0 aliphatic carbocycles. The van der Waals surface area contributed by atoms with Gasteiger partial charge in [-0.1, -0.05) is 12.1 Å². The fourth-order valence-corrected chi connectivity index (χ4v) is 2.78. The van der Waals surface area contributed by atoms with E-state index in [1.807, 2.05) is 12.1 Å². The summed E-state index contributed by atoms with van der Waals surface area (Å²) >= 11 is 0. The minimum atomic E-state index is -4.59. The lowest BCUT2D eigenvalue weighted by Gasteiger charge is -2.26. The lowest BCUT2D eigenvalue weighted by Crippen LogP contribution is -2.35. The Labute approximate surface area is 148 Å². The minimum absolute atomic E-state index is 0.157. The molecule has 1 aliphatic heterocycles. The summed E-state index contributed by atoms with van der Waals surface area (Å²) in [6.45, 7) is 3.78. The Morgan fingerprint density at radius 1 is 1.27 bits per heavy atom. The molecule has 2 heterocycles. The molecule has 1 aromatic heterocycles. The number of nitrogens with one attached hydrogen (secondary N) is 1. The molecular formula is C17H19F3N4O2. The number of rotatable bonds is 4. The van der Waals surface area contributed by atoms with Gasteiger partial charge in [0.15, 0.2) is 5.69 Å².